The first-order chi connectivity index (χ1) is 12.3. The number of nitrogens with one attached hydrogen (secondary N) is 1. The Balaban J connectivity index is 1.42. The van der Waals surface area contributed by atoms with E-state index in [9.17, 15) is 4.79 Å². The molecule has 3 rings (SSSR count). The van der Waals surface area contributed by atoms with Crippen molar-refractivity contribution in [1.82, 2.24) is 10.2 Å². The van der Waals surface area contributed by atoms with Gasteiger partial charge in [-0.2, -0.15) is 0 Å². The molecule has 1 unspecified atom stereocenters. The zero-order chi connectivity index (χ0) is 17.3. The highest BCUT2D eigenvalue weighted by molar-refractivity contribution is 5.69. The lowest BCUT2D eigenvalue weighted by atomic mass is 10.2. The fourth-order valence-electron chi connectivity index (χ4n) is 2.57. The minimum atomic E-state index is -0.364. The number of carbonyl (C=O) groups is 1. The second kappa shape index (κ2) is 8.89. The van der Waals surface area contributed by atoms with Gasteiger partial charge in [-0.15, -0.1) is 0 Å². The Bertz CT molecular complexity index is 689. The summed E-state index contributed by atoms with van der Waals surface area (Å²) in [7, 11) is 0. The number of hydrogen-bond acceptors (Lipinski definition) is 4. The van der Waals surface area contributed by atoms with Gasteiger partial charge in [0.05, 0.1) is 12.8 Å². The average molecular weight is 338 g/mol. The lowest BCUT2D eigenvalue weighted by Gasteiger charge is -2.28. The van der Waals surface area contributed by atoms with E-state index in [0.29, 0.717) is 13.1 Å². The quantitative estimate of drug-likeness (QED) is 0.878. The predicted octanol–water partition coefficient (Wildman–Crippen LogP) is 3.29. The van der Waals surface area contributed by atoms with E-state index in [0.717, 1.165) is 12.1 Å². The van der Waals surface area contributed by atoms with Crippen LogP contribution >= 0.6 is 0 Å². The van der Waals surface area contributed by atoms with Gasteiger partial charge >= 0.3 is 6.09 Å². The molecule has 0 saturated carbocycles. The molecular weight excluding hydrogens is 316 g/mol. The Kier molecular flexibility index (Phi) is 6.06. The van der Waals surface area contributed by atoms with Crippen molar-refractivity contribution in [2.24, 2.45) is 0 Å². The minimum Gasteiger partial charge on any atom is -0.493 e. The summed E-state index contributed by atoms with van der Waals surface area (Å²) in [4.78, 5) is 13.7. The number of hydrogen-bond donors (Lipinski definition) is 1. The first-order valence-corrected chi connectivity index (χ1v) is 8.35. The molecule has 0 aromatic heterocycles. The molecule has 1 N–H and O–H groups in total. The predicted molar refractivity (Wildman–Crippen MR) is 95.5 cm³/mol. The van der Waals surface area contributed by atoms with E-state index >= 15 is 0 Å². The molecule has 5 nitrogen and oxygen atoms in total. The van der Waals surface area contributed by atoms with Crippen molar-refractivity contribution in [3.05, 3.63) is 84.3 Å². The molecule has 25 heavy (non-hydrogen) atoms. The largest absolute Gasteiger partial charge is 0.493 e. The zero-order valence-corrected chi connectivity index (χ0v) is 14.0. The Labute approximate surface area is 147 Å². The molecule has 5 heteroatoms. The van der Waals surface area contributed by atoms with E-state index in [2.05, 4.69) is 17.4 Å². The molecule has 0 saturated heterocycles. The summed E-state index contributed by atoms with van der Waals surface area (Å²) in [5.41, 5.74) is 2.18. The SMILES string of the molecule is O=C(OCc1ccccc1)N1C=COC(CNCc2ccccc2)C1. The normalized spacial score (nSPS) is 16.3. The van der Waals surface area contributed by atoms with Crippen molar-refractivity contribution in [3.8, 4) is 0 Å². The monoisotopic (exact) mass is 338 g/mol. The standard InChI is InChI=1S/C20H22N2O3/c23-20(25-16-18-9-5-2-6-10-18)22-11-12-24-19(15-22)14-21-13-17-7-3-1-4-8-17/h1-12,19,21H,13-16H2. The minimum absolute atomic E-state index is 0.0991. The fraction of sp³-hybridized carbons (Fsp3) is 0.250. The summed E-state index contributed by atoms with van der Waals surface area (Å²) >= 11 is 0. The lowest BCUT2D eigenvalue weighted by molar-refractivity contribution is 0.0604. The number of amides is 1. The van der Waals surface area contributed by atoms with Crippen molar-refractivity contribution >= 4 is 6.09 Å². The molecule has 1 atom stereocenters. The molecule has 0 fully saturated rings. The molecule has 0 spiro atoms. The van der Waals surface area contributed by atoms with Crippen LogP contribution in [0.3, 0.4) is 0 Å². The van der Waals surface area contributed by atoms with Gasteiger partial charge < -0.3 is 14.8 Å². The van der Waals surface area contributed by atoms with Gasteiger partial charge in [0.2, 0.25) is 0 Å². The van der Waals surface area contributed by atoms with Crippen LogP contribution in [-0.4, -0.2) is 30.2 Å². The van der Waals surface area contributed by atoms with Crippen LogP contribution < -0.4 is 5.32 Å². The van der Waals surface area contributed by atoms with Gasteiger partial charge in [-0.25, -0.2) is 4.79 Å². The highest BCUT2D eigenvalue weighted by Gasteiger charge is 2.22. The molecule has 130 valence electrons. The third-order valence-electron chi connectivity index (χ3n) is 3.90. The molecule has 0 radical (unpaired) electrons. The molecule has 1 amide bonds. The first-order valence-electron chi connectivity index (χ1n) is 8.35. The third-order valence-corrected chi connectivity index (χ3v) is 3.90. The highest BCUT2D eigenvalue weighted by atomic mass is 16.6. The van der Waals surface area contributed by atoms with E-state index in [1.54, 1.807) is 17.4 Å². The van der Waals surface area contributed by atoms with E-state index in [4.69, 9.17) is 9.47 Å². The summed E-state index contributed by atoms with van der Waals surface area (Å²) in [5.74, 6) is 0. The summed E-state index contributed by atoms with van der Waals surface area (Å²) in [6.45, 7) is 2.15. The Morgan fingerprint density at radius 2 is 1.76 bits per heavy atom. The van der Waals surface area contributed by atoms with Crippen molar-refractivity contribution in [3.63, 3.8) is 0 Å². The molecule has 0 aliphatic carbocycles. The van der Waals surface area contributed by atoms with E-state index < -0.39 is 0 Å². The maximum atomic E-state index is 12.2. The van der Waals surface area contributed by atoms with Crippen LogP contribution in [0.2, 0.25) is 0 Å². The zero-order valence-electron chi connectivity index (χ0n) is 14.0. The first kappa shape index (κ1) is 17.0. The molecular formula is C20H22N2O3. The van der Waals surface area contributed by atoms with Gasteiger partial charge in [0.15, 0.2) is 0 Å². The van der Waals surface area contributed by atoms with Crippen molar-refractivity contribution in [2.75, 3.05) is 13.1 Å². The van der Waals surface area contributed by atoms with E-state index in [1.165, 1.54) is 5.56 Å². The number of ether oxygens (including phenoxy) is 2. The van der Waals surface area contributed by atoms with E-state index in [1.807, 2.05) is 48.5 Å². The number of rotatable bonds is 6. The van der Waals surface area contributed by atoms with Gasteiger partial charge in [-0.05, 0) is 11.1 Å². The van der Waals surface area contributed by atoms with Crippen LogP contribution in [0.25, 0.3) is 0 Å². The van der Waals surface area contributed by atoms with Crippen molar-refractivity contribution < 1.29 is 14.3 Å². The van der Waals surface area contributed by atoms with Crippen LogP contribution in [0.15, 0.2) is 73.1 Å². The van der Waals surface area contributed by atoms with Crippen LogP contribution in [0.5, 0.6) is 0 Å². The highest BCUT2D eigenvalue weighted by Crippen LogP contribution is 2.10. The lowest BCUT2D eigenvalue weighted by Crippen LogP contribution is -2.42. The maximum Gasteiger partial charge on any atom is 0.414 e. The molecule has 2 aromatic carbocycles. The number of benzene rings is 2. The van der Waals surface area contributed by atoms with Crippen molar-refractivity contribution in [2.45, 2.75) is 19.3 Å². The summed E-state index contributed by atoms with van der Waals surface area (Å²) in [6, 6.07) is 19.8. The van der Waals surface area contributed by atoms with Crippen LogP contribution in [0, 0.1) is 0 Å². The van der Waals surface area contributed by atoms with Crippen LogP contribution in [-0.2, 0) is 22.6 Å². The Morgan fingerprint density at radius 1 is 1.08 bits per heavy atom. The molecule has 0 bridgehead atoms. The number of carbonyl (C=O) groups excluding carboxylic acids is 1. The van der Waals surface area contributed by atoms with Gasteiger partial charge in [0.1, 0.15) is 12.7 Å². The Hall–Kier alpha value is -2.79. The molecule has 1 aliphatic rings. The van der Waals surface area contributed by atoms with E-state index in [-0.39, 0.29) is 18.8 Å². The summed E-state index contributed by atoms with van der Waals surface area (Å²) in [5, 5.41) is 3.35. The Morgan fingerprint density at radius 3 is 2.48 bits per heavy atom. The molecule has 1 aliphatic heterocycles. The number of nitrogens with zero attached hydrogens (tertiary/aromatic N) is 1. The second-order valence-electron chi connectivity index (χ2n) is 5.85. The van der Waals surface area contributed by atoms with Crippen molar-refractivity contribution in [1.29, 1.82) is 0 Å². The van der Waals surface area contributed by atoms with Crippen LogP contribution in [0.4, 0.5) is 4.79 Å². The topological polar surface area (TPSA) is 50.8 Å². The van der Waals surface area contributed by atoms with Gasteiger partial charge in [-0.1, -0.05) is 60.7 Å². The van der Waals surface area contributed by atoms with Gasteiger partial charge in [0, 0.05) is 19.3 Å². The maximum absolute atomic E-state index is 12.2. The summed E-state index contributed by atoms with van der Waals surface area (Å²) < 4.78 is 10.9. The van der Waals surface area contributed by atoms with Gasteiger partial charge in [0.25, 0.3) is 0 Å². The summed E-state index contributed by atoms with van der Waals surface area (Å²) in [6.07, 6.45) is 2.69. The molecule has 1 heterocycles. The second-order valence-corrected chi connectivity index (χ2v) is 5.85. The fourth-order valence-corrected chi connectivity index (χ4v) is 2.57. The van der Waals surface area contributed by atoms with Gasteiger partial charge in [-0.3, -0.25) is 4.90 Å². The average Bonchev–Trinajstić information content (AvgIpc) is 2.68. The smallest absolute Gasteiger partial charge is 0.414 e. The third kappa shape index (κ3) is 5.36. The molecule has 2 aromatic rings. The van der Waals surface area contributed by atoms with Crippen LogP contribution in [0.1, 0.15) is 11.1 Å².